The van der Waals surface area contributed by atoms with Crippen LogP contribution in [0.3, 0.4) is 0 Å². The lowest BCUT2D eigenvalue weighted by Crippen LogP contribution is -2.37. The molecule has 0 atom stereocenters. The van der Waals surface area contributed by atoms with E-state index in [1.165, 1.54) is 16.9 Å². The maximum atomic E-state index is 13.0. The largest absolute Gasteiger partial charge is 0.308 e. The Morgan fingerprint density at radius 2 is 1.86 bits per heavy atom. The number of thiazole rings is 1. The molecule has 3 rings (SSSR count). The van der Waals surface area contributed by atoms with Crippen LogP contribution in [0, 0.1) is 6.92 Å². The first-order chi connectivity index (χ1) is 12.9. The number of amides is 1. The smallest absolute Gasteiger partial charge is 0.239 e. The number of thioether (sulfide) groups is 1. The number of anilines is 1. The molecule has 28 heavy (non-hydrogen) atoms. The molecular formula is C20H23Cl2N3OS2. The number of aryl methyl sites for hydroxylation is 1. The van der Waals surface area contributed by atoms with Crippen LogP contribution >= 0.6 is 47.1 Å². The van der Waals surface area contributed by atoms with Crippen molar-refractivity contribution < 1.29 is 4.79 Å². The maximum absolute atomic E-state index is 13.0. The highest BCUT2D eigenvalue weighted by Crippen LogP contribution is 2.31. The molecule has 2 aromatic carbocycles. The standard InChI is InChI=1S/C20H22ClN3OS2.ClH/c1-14-4-7-16(8-5-14)26-13-19(25)24(11-10-23(2)3)20-22-17-9-6-15(21)12-18(17)27-20;/h4-9,12H,10-11,13H2,1-3H3;1H. The molecule has 150 valence electrons. The number of rotatable bonds is 7. The second-order valence-corrected chi connectivity index (χ2v) is 9.05. The van der Waals surface area contributed by atoms with Gasteiger partial charge in [0.15, 0.2) is 5.13 Å². The molecule has 3 aromatic rings. The average molecular weight is 456 g/mol. The zero-order valence-corrected chi connectivity index (χ0v) is 19.2. The van der Waals surface area contributed by atoms with Crippen LogP contribution in [0.2, 0.25) is 5.02 Å². The van der Waals surface area contributed by atoms with E-state index in [0.717, 1.165) is 26.8 Å². The lowest BCUT2D eigenvalue weighted by atomic mass is 10.2. The predicted octanol–water partition coefficient (Wildman–Crippen LogP) is 5.37. The summed E-state index contributed by atoms with van der Waals surface area (Å²) in [6, 6.07) is 13.9. The number of halogens is 2. The van der Waals surface area contributed by atoms with Gasteiger partial charge in [-0.25, -0.2) is 4.98 Å². The van der Waals surface area contributed by atoms with Gasteiger partial charge in [-0.15, -0.1) is 24.2 Å². The van der Waals surface area contributed by atoms with Crippen molar-refractivity contribution in [2.24, 2.45) is 0 Å². The molecular weight excluding hydrogens is 433 g/mol. The first-order valence-corrected chi connectivity index (χ1v) is 10.8. The maximum Gasteiger partial charge on any atom is 0.239 e. The van der Waals surface area contributed by atoms with Gasteiger partial charge in [-0.1, -0.05) is 40.6 Å². The number of nitrogens with zero attached hydrogens (tertiary/aromatic N) is 3. The quantitative estimate of drug-likeness (QED) is 0.448. The van der Waals surface area contributed by atoms with E-state index in [2.05, 4.69) is 41.1 Å². The van der Waals surface area contributed by atoms with E-state index < -0.39 is 0 Å². The first-order valence-electron chi connectivity index (χ1n) is 8.63. The summed E-state index contributed by atoms with van der Waals surface area (Å²) < 4.78 is 0.992. The number of hydrogen-bond donors (Lipinski definition) is 0. The molecule has 0 aliphatic carbocycles. The molecule has 0 aliphatic heterocycles. The molecule has 4 nitrogen and oxygen atoms in total. The topological polar surface area (TPSA) is 36.4 Å². The van der Waals surface area contributed by atoms with Crippen molar-refractivity contribution in [2.75, 3.05) is 37.8 Å². The Labute approximate surface area is 185 Å². The van der Waals surface area contributed by atoms with Crippen molar-refractivity contribution >= 4 is 68.4 Å². The Balaban J connectivity index is 0.00000280. The Morgan fingerprint density at radius 1 is 1.14 bits per heavy atom. The molecule has 0 fully saturated rings. The number of fused-ring (bicyclic) bond motifs is 1. The van der Waals surface area contributed by atoms with Crippen LogP contribution in [0.1, 0.15) is 5.56 Å². The van der Waals surface area contributed by atoms with E-state index in [0.29, 0.717) is 17.3 Å². The Bertz CT molecular complexity index is 929. The van der Waals surface area contributed by atoms with E-state index in [-0.39, 0.29) is 18.3 Å². The summed E-state index contributed by atoms with van der Waals surface area (Å²) in [4.78, 5) is 22.6. The third kappa shape index (κ3) is 6.09. The fourth-order valence-electron chi connectivity index (χ4n) is 2.49. The summed E-state index contributed by atoms with van der Waals surface area (Å²) in [5.74, 6) is 0.445. The van der Waals surface area contributed by atoms with E-state index in [1.54, 1.807) is 16.7 Å². The second-order valence-electron chi connectivity index (χ2n) is 6.56. The average Bonchev–Trinajstić information content (AvgIpc) is 3.03. The summed E-state index contributed by atoms with van der Waals surface area (Å²) >= 11 is 9.15. The number of aromatic nitrogens is 1. The van der Waals surface area contributed by atoms with Crippen molar-refractivity contribution in [3.05, 3.63) is 53.1 Å². The minimum atomic E-state index is 0. The van der Waals surface area contributed by atoms with Crippen molar-refractivity contribution in [3.8, 4) is 0 Å². The van der Waals surface area contributed by atoms with Crippen molar-refractivity contribution in [1.29, 1.82) is 0 Å². The van der Waals surface area contributed by atoms with Gasteiger partial charge in [0.05, 0.1) is 16.0 Å². The molecule has 8 heteroatoms. The van der Waals surface area contributed by atoms with Crippen LogP contribution in [0.4, 0.5) is 5.13 Å². The summed E-state index contributed by atoms with van der Waals surface area (Å²) in [7, 11) is 4.00. The van der Waals surface area contributed by atoms with Gasteiger partial charge in [-0.3, -0.25) is 9.69 Å². The monoisotopic (exact) mass is 455 g/mol. The molecule has 0 radical (unpaired) electrons. The summed E-state index contributed by atoms with van der Waals surface area (Å²) in [6.45, 7) is 3.44. The molecule has 1 aromatic heterocycles. The minimum absolute atomic E-state index is 0. The number of benzene rings is 2. The Hall–Kier alpha value is -1.31. The van der Waals surface area contributed by atoms with Crippen LogP contribution in [0.5, 0.6) is 0 Å². The van der Waals surface area contributed by atoms with E-state index in [4.69, 9.17) is 11.6 Å². The van der Waals surface area contributed by atoms with E-state index in [1.807, 2.05) is 32.3 Å². The van der Waals surface area contributed by atoms with Crippen molar-refractivity contribution in [1.82, 2.24) is 9.88 Å². The van der Waals surface area contributed by atoms with Gasteiger partial charge in [0.2, 0.25) is 5.91 Å². The normalized spacial score (nSPS) is 10.9. The highest BCUT2D eigenvalue weighted by Gasteiger charge is 2.20. The third-order valence-electron chi connectivity index (χ3n) is 4.03. The van der Waals surface area contributed by atoms with Crippen LogP contribution in [0.15, 0.2) is 47.4 Å². The fraction of sp³-hybridized carbons (Fsp3) is 0.300. The molecule has 0 N–H and O–H groups in total. The highest BCUT2D eigenvalue weighted by atomic mass is 35.5. The molecule has 0 unspecified atom stereocenters. The highest BCUT2D eigenvalue weighted by molar-refractivity contribution is 8.00. The lowest BCUT2D eigenvalue weighted by molar-refractivity contribution is -0.116. The van der Waals surface area contributed by atoms with Crippen LogP contribution in [-0.4, -0.2) is 48.7 Å². The third-order valence-corrected chi connectivity index (χ3v) is 6.30. The first kappa shape index (κ1) is 23.0. The predicted molar refractivity (Wildman–Crippen MR) is 125 cm³/mol. The van der Waals surface area contributed by atoms with Gasteiger partial charge in [0.1, 0.15) is 0 Å². The molecule has 1 amide bonds. The minimum Gasteiger partial charge on any atom is -0.308 e. The molecule has 0 saturated heterocycles. The summed E-state index contributed by atoms with van der Waals surface area (Å²) in [5, 5.41) is 1.41. The zero-order chi connectivity index (χ0) is 19.4. The summed E-state index contributed by atoms with van der Waals surface area (Å²) in [5.41, 5.74) is 2.08. The second kappa shape index (κ2) is 10.5. The summed E-state index contributed by atoms with van der Waals surface area (Å²) in [6.07, 6.45) is 0. The van der Waals surface area contributed by atoms with Gasteiger partial charge < -0.3 is 4.90 Å². The Kier molecular flexibility index (Phi) is 8.58. The van der Waals surface area contributed by atoms with Crippen molar-refractivity contribution in [3.63, 3.8) is 0 Å². The Morgan fingerprint density at radius 3 is 2.54 bits per heavy atom. The SMILES string of the molecule is Cc1ccc(SCC(=O)N(CCN(C)C)c2nc3ccc(Cl)cc3s2)cc1.Cl. The number of hydrogen-bond acceptors (Lipinski definition) is 5. The van der Waals surface area contributed by atoms with Gasteiger partial charge in [0, 0.05) is 23.0 Å². The van der Waals surface area contributed by atoms with Gasteiger partial charge in [0.25, 0.3) is 0 Å². The number of carbonyl (C=O) groups excluding carboxylic acids is 1. The van der Waals surface area contributed by atoms with Crippen molar-refractivity contribution in [2.45, 2.75) is 11.8 Å². The number of likely N-dealkylation sites (N-methyl/N-ethyl adjacent to an activating group) is 1. The zero-order valence-electron chi connectivity index (χ0n) is 16.0. The fourth-order valence-corrected chi connectivity index (χ4v) is 4.55. The van der Waals surface area contributed by atoms with E-state index in [9.17, 15) is 4.79 Å². The molecule has 0 bridgehead atoms. The van der Waals surface area contributed by atoms with Crippen LogP contribution < -0.4 is 4.90 Å². The molecule has 0 spiro atoms. The molecule has 0 saturated carbocycles. The number of carbonyl (C=O) groups is 1. The van der Waals surface area contributed by atoms with E-state index >= 15 is 0 Å². The lowest BCUT2D eigenvalue weighted by Gasteiger charge is -2.21. The van der Waals surface area contributed by atoms with Crippen LogP contribution in [0.25, 0.3) is 10.2 Å². The van der Waals surface area contributed by atoms with Gasteiger partial charge in [-0.05, 0) is 51.4 Å². The van der Waals surface area contributed by atoms with Gasteiger partial charge in [-0.2, -0.15) is 0 Å². The molecule has 1 heterocycles. The molecule has 0 aliphatic rings. The van der Waals surface area contributed by atoms with Gasteiger partial charge >= 0.3 is 0 Å². The van der Waals surface area contributed by atoms with Crippen LogP contribution in [-0.2, 0) is 4.79 Å².